The Labute approximate surface area is 137 Å². The second kappa shape index (κ2) is 5.95. The normalized spacial score (nSPS) is 21.6. The maximum atomic E-state index is 12.1. The molecule has 2 aliphatic carbocycles. The van der Waals surface area contributed by atoms with Crippen molar-refractivity contribution < 1.29 is 14.3 Å². The summed E-state index contributed by atoms with van der Waals surface area (Å²) < 4.78 is 5.42. The number of methoxy groups -OCH3 is 1. The predicted molar refractivity (Wildman–Crippen MR) is 90.6 cm³/mol. The highest BCUT2D eigenvalue weighted by molar-refractivity contribution is 6.12. The van der Waals surface area contributed by atoms with Crippen molar-refractivity contribution in [3.05, 3.63) is 34.9 Å². The van der Waals surface area contributed by atoms with Crippen molar-refractivity contribution in [1.29, 1.82) is 0 Å². The van der Waals surface area contributed by atoms with Gasteiger partial charge in [0.05, 0.1) is 12.5 Å². The van der Waals surface area contributed by atoms with Gasteiger partial charge in [-0.3, -0.25) is 9.59 Å². The summed E-state index contributed by atoms with van der Waals surface area (Å²) in [5.74, 6) is 1.13. The fraction of sp³-hybridized carbons (Fsp3) is 0.500. The third-order valence-electron chi connectivity index (χ3n) is 5.55. The van der Waals surface area contributed by atoms with E-state index in [2.05, 4.69) is 19.1 Å². The van der Waals surface area contributed by atoms with Crippen LogP contribution in [-0.2, 0) is 16.0 Å². The maximum absolute atomic E-state index is 12.1. The number of allylic oxidation sites excluding steroid dienone is 2. The average Bonchev–Trinajstić information content (AvgIpc) is 2.81. The van der Waals surface area contributed by atoms with E-state index in [1.54, 1.807) is 7.11 Å². The van der Waals surface area contributed by atoms with Crippen LogP contribution in [0.4, 0.5) is 0 Å². The summed E-state index contributed by atoms with van der Waals surface area (Å²) in [6.07, 6.45) is 6.65. The molecule has 2 aliphatic rings. The van der Waals surface area contributed by atoms with E-state index >= 15 is 0 Å². The van der Waals surface area contributed by atoms with Crippen LogP contribution in [-0.4, -0.2) is 18.7 Å². The standard InChI is InChI=1S/C20H24O3/c1-13-15-6-4-5-14(16(15)7-8-17(13)23-3)11-12-20(2)18(21)9-10-19(20)22/h7-8,11H,4-6,9-10,12H2,1-3H3/b14-11+. The number of hydrogen-bond donors (Lipinski definition) is 0. The van der Waals surface area contributed by atoms with Crippen molar-refractivity contribution in [3.8, 4) is 5.75 Å². The SMILES string of the molecule is COc1ccc2c(c1C)CCC/C2=C\CC1(C)C(=O)CCC1=O. The van der Waals surface area contributed by atoms with Crippen molar-refractivity contribution >= 4 is 17.1 Å². The summed E-state index contributed by atoms with van der Waals surface area (Å²) in [5.41, 5.74) is 4.28. The highest BCUT2D eigenvalue weighted by atomic mass is 16.5. The summed E-state index contributed by atoms with van der Waals surface area (Å²) in [6, 6.07) is 4.13. The monoisotopic (exact) mass is 312 g/mol. The van der Waals surface area contributed by atoms with Gasteiger partial charge < -0.3 is 4.74 Å². The van der Waals surface area contributed by atoms with Crippen LogP contribution in [0.5, 0.6) is 5.75 Å². The van der Waals surface area contributed by atoms with Gasteiger partial charge >= 0.3 is 0 Å². The van der Waals surface area contributed by atoms with E-state index in [0.29, 0.717) is 19.3 Å². The number of benzene rings is 1. The number of Topliss-reactive ketones (excluding diaryl/α,β-unsaturated/α-hetero) is 2. The van der Waals surface area contributed by atoms with Crippen LogP contribution in [0.2, 0.25) is 0 Å². The van der Waals surface area contributed by atoms with E-state index in [1.807, 2.05) is 13.0 Å². The molecule has 3 rings (SSSR count). The zero-order valence-electron chi connectivity index (χ0n) is 14.2. The molecule has 0 amide bonds. The van der Waals surface area contributed by atoms with E-state index in [-0.39, 0.29) is 11.6 Å². The third kappa shape index (κ3) is 2.62. The topological polar surface area (TPSA) is 43.4 Å². The molecule has 0 heterocycles. The molecule has 122 valence electrons. The first-order chi connectivity index (χ1) is 11.0. The number of hydrogen-bond acceptors (Lipinski definition) is 3. The van der Waals surface area contributed by atoms with Crippen LogP contribution in [0.25, 0.3) is 5.57 Å². The van der Waals surface area contributed by atoms with Crippen LogP contribution in [0, 0.1) is 12.3 Å². The molecule has 0 N–H and O–H groups in total. The number of ether oxygens (including phenoxy) is 1. The first-order valence-electron chi connectivity index (χ1n) is 8.40. The average molecular weight is 312 g/mol. The summed E-state index contributed by atoms with van der Waals surface area (Å²) in [4.78, 5) is 24.2. The summed E-state index contributed by atoms with van der Waals surface area (Å²) in [5, 5.41) is 0. The largest absolute Gasteiger partial charge is 0.496 e. The second-order valence-electron chi connectivity index (χ2n) is 6.88. The predicted octanol–water partition coefficient (Wildman–Crippen LogP) is 4.05. The van der Waals surface area contributed by atoms with E-state index < -0.39 is 5.41 Å². The molecule has 1 saturated carbocycles. The Bertz CT molecular complexity index is 681. The van der Waals surface area contributed by atoms with E-state index in [4.69, 9.17) is 4.74 Å². The Hall–Kier alpha value is -1.90. The summed E-state index contributed by atoms with van der Waals surface area (Å²) in [6.45, 7) is 3.91. The number of carbonyl (C=O) groups excluding carboxylic acids is 2. The first-order valence-corrected chi connectivity index (χ1v) is 8.40. The molecular formula is C20H24O3. The zero-order chi connectivity index (χ0) is 16.6. The van der Waals surface area contributed by atoms with Gasteiger partial charge in [0.15, 0.2) is 0 Å². The maximum Gasteiger partial charge on any atom is 0.146 e. The number of ketones is 2. The Morgan fingerprint density at radius 3 is 2.48 bits per heavy atom. The molecule has 3 nitrogen and oxygen atoms in total. The molecule has 0 aromatic heterocycles. The van der Waals surface area contributed by atoms with Crippen molar-refractivity contribution in [1.82, 2.24) is 0 Å². The van der Waals surface area contributed by atoms with Crippen LogP contribution >= 0.6 is 0 Å². The lowest BCUT2D eigenvalue weighted by atomic mass is 9.79. The third-order valence-corrected chi connectivity index (χ3v) is 5.55. The van der Waals surface area contributed by atoms with Crippen LogP contribution in [0.1, 0.15) is 55.7 Å². The molecule has 0 bridgehead atoms. The Balaban J connectivity index is 1.93. The number of rotatable bonds is 3. The van der Waals surface area contributed by atoms with Crippen molar-refractivity contribution in [2.45, 2.75) is 52.4 Å². The van der Waals surface area contributed by atoms with Crippen LogP contribution in [0.3, 0.4) is 0 Å². The van der Waals surface area contributed by atoms with Gasteiger partial charge in [0, 0.05) is 12.8 Å². The van der Waals surface area contributed by atoms with Gasteiger partial charge in [0.1, 0.15) is 17.3 Å². The van der Waals surface area contributed by atoms with Crippen LogP contribution < -0.4 is 4.74 Å². The lowest BCUT2D eigenvalue weighted by Crippen LogP contribution is -2.28. The van der Waals surface area contributed by atoms with E-state index in [0.717, 1.165) is 25.0 Å². The van der Waals surface area contributed by atoms with Gasteiger partial charge in [-0.1, -0.05) is 12.1 Å². The Morgan fingerprint density at radius 2 is 1.83 bits per heavy atom. The van der Waals surface area contributed by atoms with Crippen molar-refractivity contribution in [2.75, 3.05) is 7.11 Å². The summed E-state index contributed by atoms with van der Waals surface area (Å²) >= 11 is 0. The molecule has 0 radical (unpaired) electrons. The fourth-order valence-electron chi connectivity index (χ4n) is 3.87. The van der Waals surface area contributed by atoms with E-state index in [9.17, 15) is 9.59 Å². The molecule has 1 aromatic carbocycles. The van der Waals surface area contributed by atoms with Crippen LogP contribution in [0.15, 0.2) is 18.2 Å². The first kappa shape index (κ1) is 16.0. The summed E-state index contributed by atoms with van der Waals surface area (Å²) in [7, 11) is 1.70. The van der Waals surface area contributed by atoms with E-state index in [1.165, 1.54) is 22.3 Å². The number of fused-ring (bicyclic) bond motifs is 1. The lowest BCUT2D eigenvalue weighted by Gasteiger charge is -2.24. The minimum atomic E-state index is -0.799. The highest BCUT2D eigenvalue weighted by Crippen LogP contribution is 2.39. The van der Waals surface area contributed by atoms with Gasteiger partial charge in [0.25, 0.3) is 0 Å². The molecule has 1 aromatic rings. The van der Waals surface area contributed by atoms with Gasteiger partial charge in [-0.05, 0) is 67.9 Å². The highest BCUT2D eigenvalue weighted by Gasteiger charge is 2.44. The molecule has 0 saturated heterocycles. The smallest absolute Gasteiger partial charge is 0.146 e. The fourth-order valence-corrected chi connectivity index (χ4v) is 3.87. The van der Waals surface area contributed by atoms with Crippen molar-refractivity contribution in [2.24, 2.45) is 5.41 Å². The number of carbonyl (C=O) groups is 2. The molecule has 0 unspecified atom stereocenters. The van der Waals surface area contributed by atoms with Gasteiger partial charge in [-0.2, -0.15) is 0 Å². The second-order valence-corrected chi connectivity index (χ2v) is 6.88. The molecule has 23 heavy (non-hydrogen) atoms. The molecule has 3 heteroatoms. The minimum Gasteiger partial charge on any atom is -0.496 e. The van der Waals surface area contributed by atoms with Gasteiger partial charge in [-0.15, -0.1) is 0 Å². The Morgan fingerprint density at radius 1 is 1.13 bits per heavy atom. The molecule has 0 spiro atoms. The minimum absolute atomic E-state index is 0.0984. The van der Waals surface area contributed by atoms with Gasteiger partial charge in [-0.25, -0.2) is 0 Å². The zero-order valence-corrected chi connectivity index (χ0v) is 14.2. The molecule has 0 aliphatic heterocycles. The molecule has 1 fully saturated rings. The molecular weight excluding hydrogens is 288 g/mol. The molecule has 0 atom stereocenters. The lowest BCUT2D eigenvalue weighted by molar-refractivity contribution is -0.133. The quantitative estimate of drug-likeness (QED) is 0.791. The van der Waals surface area contributed by atoms with Crippen molar-refractivity contribution in [3.63, 3.8) is 0 Å². The van der Waals surface area contributed by atoms with Gasteiger partial charge in [0.2, 0.25) is 0 Å². The Kier molecular flexibility index (Phi) is 4.13.